The van der Waals surface area contributed by atoms with Gasteiger partial charge in [-0.25, -0.2) is 0 Å². The summed E-state index contributed by atoms with van der Waals surface area (Å²) in [6.45, 7) is 6.30. The molecule has 92 valence electrons. The highest BCUT2D eigenvalue weighted by Gasteiger charge is 2.13. The standard InChI is InChI=1S/C15H22N2/c1-3-11-17-14(4-2)13(9-10-16)12-7-5-6-8-15(12)17/h5-8H,3-4,9-11,16H2,1-2H3. The van der Waals surface area contributed by atoms with Gasteiger partial charge in [0.25, 0.3) is 0 Å². The van der Waals surface area contributed by atoms with Crippen LogP contribution in [0.5, 0.6) is 0 Å². The number of benzene rings is 1. The van der Waals surface area contributed by atoms with E-state index in [-0.39, 0.29) is 0 Å². The van der Waals surface area contributed by atoms with E-state index < -0.39 is 0 Å². The average molecular weight is 230 g/mol. The highest BCUT2D eigenvalue weighted by Crippen LogP contribution is 2.27. The second kappa shape index (κ2) is 5.37. The number of nitrogens with two attached hydrogens (primary N) is 1. The predicted octanol–water partition coefficient (Wildman–Crippen LogP) is 3.11. The van der Waals surface area contributed by atoms with Gasteiger partial charge in [0.15, 0.2) is 0 Å². The van der Waals surface area contributed by atoms with Crippen LogP contribution in [0.1, 0.15) is 31.5 Å². The molecule has 1 aromatic carbocycles. The maximum Gasteiger partial charge on any atom is 0.0485 e. The molecule has 0 amide bonds. The van der Waals surface area contributed by atoms with Gasteiger partial charge >= 0.3 is 0 Å². The average Bonchev–Trinajstić information content (AvgIpc) is 2.65. The molecule has 2 rings (SSSR count). The molecule has 0 saturated heterocycles. The number of para-hydroxylation sites is 1. The SMILES string of the molecule is CCCn1c(CC)c(CCN)c2ccccc21. The lowest BCUT2D eigenvalue weighted by molar-refractivity contribution is 0.666. The van der Waals surface area contributed by atoms with Gasteiger partial charge in [0.1, 0.15) is 0 Å². The van der Waals surface area contributed by atoms with Crippen molar-refractivity contribution in [1.82, 2.24) is 4.57 Å². The Balaban J connectivity index is 2.67. The topological polar surface area (TPSA) is 30.9 Å². The molecular weight excluding hydrogens is 208 g/mol. The van der Waals surface area contributed by atoms with Crippen molar-refractivity contribution in [2.45, 2.75) is 39.7 Å². The first kappa shape index (κ1) is 12.2. The van der Waals surface area contributed by atoms with Crippen molar-refractivity contribution in [2.75, 3.05) is 6.54 Å². The van der Waals surface area contributed by atoms with E-state index in [2.05, 4.69) is 42.7 Å². The van der Waals surface area contributed by atoms with Gasteiger partial charge in [-0.05, 0) is 37.4 Å². The summed E-state index contributed by atoms with van der Waals surface area (Å²) in [5.74, 6) is 0. The Morgan fingerprint density at radius 3 is 2.59 bits per heavy atom. The van der Waals surface area contributed by atoms with E-state index in [4.69, 9.17) is 5.73 Å². The minimum Gasteiger partial charge on any atom is -0.344 e. The number of rotatable bonds is 5. The van der Waals surface area contributed by atoms with Crippen molar-refractivity contribution in [3.8, 4) is 0 Å². The minimum absolute atomic E-state index is 0.729. The summed E-state index contributed by atoms with van der Waals surface area (Å²) >= 11 is 0. The molecule has 2 N–H and O–H groups in total. The third-order valence-corrected chi connectivity index (χ3v) is 3.37. The Morgan fingerprint density at radius 2 is 1.94 bits per heavy atom. The largest absolute Gasteiger partial charge is 0.344 e. The molecule has 0 atom stereocenters. The van der Waals surface area contributed by atoms with Crippen LogP contribution < -0.4 is 5.73 Å². The maximum atomic E-state index is 5.75. The Labute approximate surface area is 103 Å². The molecule has 2 heteroatoms. The number of hydrogen-bond acceptors (Lipinski definition) is 1. The summed E-state index contributed by atoms with van der Waals surface area (Å²) < 4.78 is 2.47. The minimum atomic E-state index is 0.729. The third-order valence-electron chi connectivity index (χ3n) is 3.37. The molecule has 0 spiro atoms. The van der Waals surface area contributed by atoms with Crippen molar-refractivity contribution in [3.05, 3.63) is 35.5 Å². The summed E-state index contributed by atoms with van der Waals surface area (Å²) in [6.07, 6.45) is 3.25. The lowest BCUT2D eigenvalue weighted by Crippen LogP contribution is -2.07. The second-order valence-electron chi connectivity index (χ2n) is 4.49. The smallest absolute Gasteiger partial charge is 0.0485 e. The van der Waals surface area contributed by atoms with Gasteiger partial charge in [-0.15, -0.1) is 0 Å². The van der Waals surface area contributed by atoms with E-state index in [9.17, 15) is 0 Å². The molecule has 0 saturated carbocycles. The fourth-order valence-electron chi connectivity index (χ4n) is 2.73. The monoisotopic (exact) mass is 230 g/mol. The van der Waals surface area contributed by atoms with Crippen LogP contribution in [0.3, 0.4) is 0 Å². The van der Waals surface area contributed by atoms with Crippen molar-refractivity contribution < 1.29 is 0 Å². The van der Waals surface area contributed by atoms with E-state index in [0.29, 0.717) is 0 Å². The number of aromatic nitrogens is 1. The summed E-state index contributed by atoms with van der Waals surface area (Å²) in [4.78, 5) is 0. The van der Waals surface area contributed by atoms with Crippen LogP contribution in [-0.4, -0.2) is 11.1 Å². The molecule has 0 unspecified atom stereocenters. The van der Waals surface area contributed by atoms with Crippen molar-refractivity contribution in [2.24, 2.45) is 5.73 Å². The molecule has 0 bridgehead atoms. The predicted molar refractivity (Wildman–Crippen MR) is 74.4 cm³/mol. The number of hydrogen-bond donors (Lipinski definition) is 1. The van der Waals surface area contributed by atoms with E-state index in [1.807, 2.05) is 0 Å². The Morgan fingerprint density at radius 1 is 1.18 bits per heavy atom. The molecular formula is C15H22N2. The molecule has 0 aliphatic rings. The van der Waals surface area contributed by atoms with Gasteiger partial charge < -0.3 is 10.3 Å². The summed E-state index contributed by atoms with van der Waals surface area (Å²) in [6, 6.07) is 8.70. The van der Waals surface area contributed by atoms with Gasteiger partial charge in [0, 0.05) is 23.1 Å². The van der Waals surface area contributed by atoms with Crippen LogP contribution in [0.15, 0.2) is 24.3 Å². The zero-order valence-electron chi connectivity index (χ0n) is 10.9. The summed E-state index contributed by atoms with van der Waals surface area (Å²) in [7, 11) is 0. The van der Waals surface area contributed by atoms with E-state index in [1.165, 1.54) is 28.6 Å². The Bertz CT molecular complexity index is 454. The van der Waals surface area contributed by atoms with Gasteiger partial charge in [-0.1, -0.05) is 32.0 Å². The molecule has 1 heterocycles. The quantitative estimate of drug-likeness (QED) is 0.840. The fraction of sp³-hybridized carbons (Fsp3) is 0.467. The Hall–Kier alpha value is -1.28. The number of aryl methyl sites for hydroxylation is 1. The first-order valence-corrected chi connectivity index (χ1v) is 6.62. The fourth-order valence-corrected chi connectivity index (χ4v) is 2.73. The zero-order chi connectivity index (χ0) is 12.3. The van der Waals surface area contributed by atoms with E-state index in [1.54, 1.807) is 0 Å². The van der Waals surface area contributed by atoms with Crippen molar-refractivity contribution in [3.63, 3.8) is 0 Å². The van der Waals surface area contributed by atoms with E-state index >= 15 is 0 Å². The first-order valence-electron chi connectivity index (χ1n) is 6.62. The summed E-state index contributed by atoms with van der Waals surface area (Å²) in [5.41, 5.74) is 10.0. The number of fused-ring (bicyclic) bond motifs is 1. The first-order chi connectivity index (χ1) is 8.33. The summed E-state index contributed by atoms with van der Waals surface area (Å²) in [5, 5.41) is 1.39. The van der Waals surface area contributed by atoms with Crippen LogP contribution in [0.2, 0.25) is 0 Å². The van der Waals surface area contributed by atoms with Crippen LogP contribution >= 0.6 is 0 Å². The molecule has 2 aromatic rings. The van der Waals surface area contributed by atoms with Crippen LogP contribution in [0.25, 0.3) is 10.9 Å². The molecule has 0 fully saturated rings. The molecule has 17 heavy (non-hydrogen) atoms. The molecule has 0 aliphatic carbocycles. The van der Waals surface area contributed by atoms with Crippen molar-refractivity contribution in [1.29, 1.82) is 0 Å². The molecule has 0 radical (unpaired) electrons. The van der Waals surface area contributed by atoms with Gasteiger partial charge in [-0.2, -0.15) is 0 Å². The van der Waals surface area contributed by atoms with Gasteiger partial charge in [0.2, 0.25) is 0 Å². The van der Waals surface area contributed by atoms with Crippen LogP contribution in [-0.2, 0) is 19.4 Å². The van der Waals surface area contributed by atoms with Crippen LogP contribution in [0.4, 0.5) is 0 Å². The number of nitrogens with zero attached hydrogens (tertiary/aromatic N) is 1. The van der Waals surface area contributed by atoms with E-state index in [0.717, 1.165) is 25.9 Å². The second-order valence-corrected chi connectivity index (χ2v) is 4.49. The van der Waals surface area contributed by atoms with Gasteiger partial charge in [0.05, 0.1) is 0 Å². The maximum absolute atomic E-state index is 5.75. The lowest BCUT2D eigenvalue weighted by Gasteiger charge is -2.09. The normalized spacial score (nSPS) is 11.2. The highest BCUT2D eigenvalue weighted by atomic mass is 15.0. The highest BCUT2D eigenvalue weighted by molar-refractivity contribution is 5.85. The van der Waals surface area contributed by atoms with Crippen LogP contribution in [0, 0.1) is 0 Å². The Kier molecular flexibility index (Phi) is 3.85. The molecule has 0 aliphatic heterocycles. The molecule has 1 aromatic heterocycles. The third kappa shape index (κ3) is 2.09. The van der Waals surface area contributed by atoms with Crippen molar-refractivity contribution >= 4 is 10.9 Å². The zero-order valence-corrected chi connectivity index (χ0v) is 10.9. The lowest BCUT2D eigenvalue weighted by atomic mass is 10.1. The molecule has 2 nitrogen and oxygen atoms in total. The van der Waals surface area contributed by atoms with Gasteiger partial charge in [-0.3, -0.25) is 0 Å².